The van der Waals surface area contributed by atoms with Gasteiger partial charge in [0.2, 0.25) is 0 Å². The van der Waals surface area contributed by atoms with Gasteiger partial charge in [-0.2, -0.15) is 0 Å². The van der Waals surface area contributed by atoms with Crippen molar-refractivity contribution in [3.05, 3.63) is 24.3 Å². The first kappa shape index (κ1) is 52.2. The summed E-state index contributed by atoms with van der Waals surface area (Å²) in [6, 6.07) is 0. The van der Waals surface area contributed by atoms with Gasteiger partial charge in [0.1, 0.15) is 30.0 Å². The molecule has 0 aromatic rings. The molecule has 2 atom stereocenters. The third kappa shape index (κ3) is 30.7. The molecule has 0 heterocycles. The van der Waals surface area contributed by atoms with Crippen LogP contribution in [-0.4, -0.2) is 109 Å². The van der Waals surface area contributed by atoms with E-state index in [0.29, 0.717) is 13.2 Å². The Morgan fingerprint density at radius 1 is 0.538 bits per heavy atom. The Kier molecular flexibility index (Phi) is 25.0. The molecule has 2 unspecified atom stereocenters. The first-order valence-electron chi connectivity index (χ1n) is 16.4. The van der Waals surface area contributed by atoms with Crippen molar-refractivity contribution in [2.45, 2.75) is 125 Å². The van der Waals surface area contributed by atoms with Gasteiger partial charge in [0.15, 0.2) is 5.60 Å². The zero-order chi connectivity index (χ0) is 41.5. The number of aliphatic hydroxyl groups is 1. The minimum Gasteiger partial charge on any atom is -0.460 e. The maximum Gasteiger partial charge on any atom is 0.333 e. The van der Waals surface area contributed by atoms with Crippen LogP contribution in [0.5, 0.6) is 0 Å². The monoisotopic (exact) mass is 748 g/mol. The smallest absolute Gasteiger partial charge is 0.333 e. The van der Waals surface area contributed by atoms with Crippen molar-refractivity contribution in [2.24, 2.45) is 0 Å². The van der Waals surface area contributed by atoms with Crippen LogP contribution in [0.15, 0.2) is 24.3 Å². The summed E-state index contributed by atoms with van der Waals surface area (Å²) in [5, 5.41) is 10.4. The molecule has 0 aliphatic heterocycles. The van der Waals surface area contributed by atoms with Gasteiger partial charge in [0.25, 0.3) is 0 Å². The van der Waals surface area contributed by atoms with Gasteiger partial charge >= 0.3 is 41.8 Å². The van der Waals surface area contributed by atoms with E-state index >= 15 is 0 Å². The van der Waals surface area contributed by atoms with Crippen molar-refractivity contribution in [1.29, 1.82) is 0 Å². The van der Waals surface area contributed by atoms with Gasteiger partial charge in [-0.05, 0) is 69.2 Å². The topological polar surface area (TPSA) is 214 Å². The molecule has 0 radical (unpaired) electrons. The highest BCUT2D eigenvalue weighted by molar-refractivity contribution is 5.87. The highest BCUT2D eigenvalue weighted by Gasteiger charge is 2.40. The molecule has 0 amide bonds. The molecule has 0 bridgehead atoms. The van der Waals surface area contributed by atoms with E-state index in [1.54, 1.807) is 55.4 Å². The van der Waals surface area contributed by atoms with Gasteiger partial charge in [-0.3, -0.25) is 24.0 Å². The lowest BCUT2D eigenvalue weighted by atomic mass is 10.0. The number of carbonyl (C=O) groups is 7. The van der Waals surface area contributed by atoms with Crippen LogP contribution in [0.2, 0.25) is 0 Å². The number of esters is 7. The Labute approximate surface area is 307 Å². The minimum absolute atomic E-state index is 0.105. The molecule has 0 saturated heterocycles. The molecule has 16 heteroatoms. The quantitative estimate of drug-likeness (QED) is 0.0967. The van der Waals surface area contributed by atoms with E-state index in [-0.39, 0.29) is 50.4 Å². The van der Waals surface area contributed by atoms with E-state index in [0.717, 1.165) is 0 Å². The number of ether oxygens (including phenoxy) is 8. The summed E-state index contributed by atoms with van der Waals surface area (Å²) in [7, 11) is 0. The summed E-state index contributed by atoms with van der Waals surface area (Å²) in [5.74, 6) is -4.20. The maximum atomic E-state index is 12.2. The molecule has 0 aromatic heterocycles. The fourth-order valence-electron chi connectivity index (χ4n) is 3.40. The zero-order valence-corrected chi connectivity index (χ0v) is 33.1. The average molecular weight is 749 g/mol. The molecule has 0 spiro atoms. The molecule has 1 N–H and O–H groups in total. The van der Waals surface area contributed by atoms with Gasteiger partial charge in [-0.1, -0.05) is 13.2 Å². The summed E-state index contributed by atoms with van der Waals surface area (Å²) in [6.45, 7) is 27.1. The highest BCUT2D eigenvalue weighted by atomic mass is 16.6. The predicted molar refractivity (Wildman–Crippen MR) is 187 cm³/mol. The predicted octanol–water partition coefficient (Wildman–Crippen LogP) is 3.88. The molecule has 0 aliphatic rings. The van der Waals surface area contributed by atoms with Gasteiger partial charge in [-0.15, -0.1) is 0 Å². The lowest BCUT2D eigenvalue weighted by Gasteiger charge is -2.32. The zero-order valence-electron chi connectivity index (χ0n) is 33.1. The van der Waals surface area contributed by atoms with Crippen LogP contribution < -0.4 is 0 Å². The third-order valence-corrected chi connectivity index (χ3v) is 5.21. The largest absolute Gasteiger partial charge is 0.460 e. The van der Waals surface area contributed by atoms with Gasteiger partial charge in [0.05, 0.1) is 26.1 Å². The molecule has 52 heavy (non-hydrogen) atoms. The Hall–Kier alpha value is -4.15. The van der Waals surface area contributed by atoms with Crippen LogP contribution in [0.1, 0.15) is 103 Å². The molecule has 300 valence electrons. The Balaban J connectivity index is -0.000000784. The second kappa shape index (κ2) is 24.9. The van der Waals surface area contributed by atoms with Crippen LogP contribution in [0.4, 0.5) is 0 Å². The van der Waals surface area contributed by atoms with Crippen molar-refractivity contribution in [3.63, 3.8) is 0 Å². The summed E-state index contributed by atoms with van der Waals surface area (Å²) < 4.78 is 40.2. The van der Waals surface area contributed by atoms with Gasteiger partial charge in [-0.25, -0.2) is 9.59 Å². The summed E-state index contributed by atoms with van der Waals surface area (Å²) in [4.78, 5) is 78.1. The van der Waals surface area contributed by atoms with E-state index in [2.05, 4.69) is 17.9 Å². The summed E-state index contributed by atoms with van der Waals surface area (Å²) >= 11 is 0. The fraction of sp³-hybridized carbons (Fsp3) is 0.694. The first-order valence-corrected chi connectivity index (χ1v) is 16.4. The number of rotatable bonds is 17. The van der Waals surface area contributed by atoms with Gasteiger partial charge < -0.3 is 43.0 Å². The molecular weight excluding hydrogens is 688 g/mol. The highest BCUT2D eigenvalue weighted by Crippen LogP contribution is 2.22. The molecule has 0 fully saturated rings. The lowest BCUT2D eigenvalue weighted by molar-refractivity contribution is -0.187. The number of hydrogen-bond acceptors (Lipinski definition) is 16. The molecule has 0 rings (SSSR count). The van der Waals surface area contributed by atoms with E-state index in [4.69, 9.17) is 33.2 Å². The molecule has 0 saturated carbocycles. The molecular formula is C36H60O16. The summed E-state index contributed by atoms with van der Waals surface area (Å²) in [5.41, 5.74) is -4.01. The van der Waals surface area contributed by atoms with Crippen molar-refractivity contribution in [2.75, 3.05) is 39.6 Å². The normalized spacial score (nSPS) is 13.0. The Morgan fingerprint density at radius 2 is 0.923 bits per heavy atom. The van der Waals surface area contributed by atoms with Crippen LogP contribution in [0.25, 0.3) is 0 Å². The fourth-order valence-corrected chi connectivity index (χ4v) is 3.40. The Morgan fingerprint density at radius 3 is 1.25 bits per heavy atom. The summed E-state index contributed by atoms with van der Waals surface area (Å²) in [6.07, 6.45) is -0.624. The van der Waals surface area contributed by atoms with E-state index < -0.39 is 64.2 Å². The van der Waals surface area contributed by atoms with E-state index in [9.17, 15) is 38.7 Å². The van der Waals surface area contributed by atoms with Crippen molar-refractivity contribution < 1.29 is 76.6 Å². The second-order valence-electron chi connectivity index (χ2n) is 13.6. The maximum absolute atomic E-state index is 12.2. The van der Waals surface area contributed by atoms with Crippen LogP contribution in [-0.2, 0) is 71.5 Å². The van der Waals surface area contributed by atoms with E-state index in [1.165, 1.54) is 34.6 Å². The van der Waals surface area contributed by atoms with Crippen LogP contribution in [0.3, 0.4) is 0 Å². The minimum atomic E-state index is -1.62. The number of carbonyl (C=O) groups excluding carboxylic acids is 7. The van der Waals surface area contributed by atoms with Crippen molar-refractivity contribution in [1.82, 2.24) is 0 Å². The SMILES string of the molecule is C=C(C)C(=O)OCC(COCC)(CC(=O)OC(C)(C)C)OC(C)=O.C=C(C)C(=O)OCC(O)(COCC)CC(=O)OC(C)(C)C.CC(=O)OC(C)=O. The molecule has 16 nitrogen and oxygen atoms in total. The Bertz CT molecular complexity index is 1210. The van der Waals surface area contributed by atoms with E-state index in [1.807, 2.05) is 0 Å². The third-order valence-electron chi connectivity index (χ3n) is 5.21. The first-order chi connectivity index (χ1) is 23.5. The number of hydrogen-bond donors (Lipinski definition) is 1. The standard InChI is InChI=1S/C17H28O7.C15H26O6.C4H6O3/c1-8-21-10-17(23-13(4)18,11-22-15(20)12(2)3)9-14(19)24-16(5,6)7;1-7-19-9-15(18,10-20-13(17)11(2)3)8-12(16)21-14(4,5)6;1-3(5)7-4(2)6/h2,8-11H2,1,3-7H3;18H,2,7-10H2,1,3-6H3;1-2H3. The van der Waals surface area contributed by atoms with Crippen LogP contribution >= 0.6 is 0 Å². The lowest BCUT2D eigenvalue weighted by Crippen LogP contribution is -2.47. The van der Waals surface area contributed by atoms with Gasteiger partial charge in [0, 0.05) is 45.1 Å². The average Bonchev–Trinajstić information content (AvgIpc) is 2.94. The van der Waals surface area contributed by atoms with Crippen LogP contribution in [0, 0.1) is 0 Å². The van der Waals surface area contributed by atoms with Crippen molar-refractivity contribution in [3.8, 4) is 0 Å². The second-order valence-corrected chi connectivity index (χ2v) is 13.6. The van der Waals surface area contributed by atoms with Crippen molar-refractivity contribution >= 4 is 41.8 Å². The molecule has 0 aliphatic carbocycles. The molecule has 0 aromatic carbocycles.